The summed E-state index contributed by atoms with van der Waals surface area (Å²) in [6.45, 7) is 2.02. The second kappa shape index (κ2) is 8.58. The van der Waals surface area contributed by atoms with Crippen LogP contribution in [-0.4, -0.2) is 54.4 Å². The van der Waals surface area contributed by atoms with E-state index in [2.05, 4.69) is 0 Å². The van der Waals surface area contributed by atoms with Gasteiger partial charge in [-0.2, -0.15) is 13.2 Å². The molecule has 6 nitrogen and oxygen atoms in total. The number of benzene rings is 2. The standard InChI is InChI=1S/C22H21F3N2O4/c23-22(24,25)21-20(27(28)29)17(16-8-4-5-9-19(16)31-21)14-18(15-6-2-1-3-7-15)26-10-12-30-13-11-26/h1-9,14,17,20-21H,10-13H2/b18-14+/t17-,20+,21+/m1/s1. The van der Waals surface area contributed by atoms with Crippen molar-refractivity contribution < 1.29 is 27.6 Å². The molecule has 0 spiro atoms. The van der Waals surface area contributed by atoms with Gasteiger partial charge >= 0.3 is 6.18 Å². The number of ether oxygens (including phenoxy) is 2. The van der Waals surface area contributed by atoms with Gasteiger partial charge in [-0.15, -0.1) is 0 Å². The lowest BCUT2D eigenvalue weighted by Crippen LogP contribution is -2.53. The van der Waals surface area contributed by atoms with E-state index in [1.807, 2.05) is 35.2 Å². The molecule has 4 rings (SSSR count). The van der Waals surface area contributed by atoms with Crippen molar-refractivity contribution in [3.8, 4) is 5.75 Å². The van der Waals surface area contributed by atoms with E-state index in [1.165, 1.54) is 6.07 Å². The monoisotopic (exact) mass is 434 g/mol. The fourth-order valence-corrected chi connectivity index (χ4v) is 4.10. The molecule has 0 aliphatic carbocycles. The van der Waals surface area contributed by atoms with Gasteiger partial charge in [0.15, 0.2) is 0 Å². The smallest absolute Gasteiger partial charge is 0.432 e. The molecule has 0 aromatic heterocycles. The summed E-state index contributed by atoms with van der Waals surface area (Å²) < 4.78 is 51.8. The highest BCUT2D eigenvalue weighted by Crippen LogP contribution is 2.44. The highest BCUT2D eigenvalue weighted by Gasteiger charge is 2.58. The first-order valence-corrected chi connectivity index (χ1v) is 9.92. The molecule has 2 aromatic carbocycles. The van der Waals surface area contributed by atoms with Crippen LogP contribution in [0.25, 0.3) is 5.70 Å². The lowest BCUT2D eigenvalue weighted by molar-refractivity contribution is -0.546. The van der Waals surface area contributed by atoms with Gasteiger partial charge in [-0.3, -0.25) is 10.1 Å². The van der Waals surface area contributed by atoms with E-state index in [0.717, 1.165) is 5.56 Å². The Balaban J connectivity index is 1.88. The highest BCUT2D eigenvalue weighted by molar-refractivity contribution is 5.66. The van der Waals surface area contributed by atoms with Gasteiger partial charge in [0.05, 0.1) is 19.1 Å². The minimum Gasteiger partial charge on any atom is -0.473 e. The minimum atomic E-state index is -4.89. The second-order valence-electron chi connectivity index (χ2n) is 7.44. The maximum absolute atomic E-state index is 13.8. The number of fused-ring (bicyclic) bond motifs is 1. The van der Waals surface area contributed by atoms with Crippen molar-refractivity contribution in [1.82, 2.24) is 4.90 Å². The van der Waals surface area contributed by atoms with Crippen LogP contribution in [-0.2, 0) is 4.74 Å². The summed E-state index contributed by atoms with van der Waals surface area (Å²) in [6.07, 6.45) is -5.84. The Hall–Kier alpha value is -3.07. The van der Waals surface area contributed by atoms with Crippen LogP contribution in [0.15, 0.2) is 60.7 Å². The largest absolute Gasteiger partial charge is 0.473 e. The molecule has 0 saturated carbocycles. The van der Waals surface area contributed by atoms with Gasteiger partial charge in [-0.25, -0.2) is 0 Å². The molecule has 9 heteroatoms. The van der Waals surface area contributed by atoms with Crippen LogP contribution in [0.3, 0.4) is 0 Å². The molecule has 0 amide bonds. The summed E-state index contributed by atoms with van der Waals surface area (Å²) in [5.74, 6) is -1.11. The van der Waals surface area contributed by atoms with Crippen molar-refractivity contribution in [2.24, 2.45) is 0 Å². The molecule has 3 atom stereocenters. The molecule has 2 heterocycles. The molecule has 164 valence electrons. The van der Waals surface area contributed by atoms with Gasteiger partial charge in [0.25, 0.3) is 12.1 Å². The van der Waals surface area contributed by atoms with Crippen molar-refractivity contribution >= 4 is 5.70 Å². The number of nitro groups is 1. The first-order valence-electron chi connectivity index (χ1n) is 9.92. The third-order valence-electron chi connectivity index (χ3n) is 5.53. The number of rotatable bonds is 4. The Bertz CT molecular complexity index is 959. The number of para-hydroxylation sites is 1. The summed E-state index contributed by atoms with van der Waals surface area (Å²) in [5, 5.41) is 11.9. The molecule has 0 radical (unpaired) electrons. The van der Waals surface area contributed by atoms with Crippen LogP contribution >= 0.6 is 0 Å². The highest BCUT2D eigenvalue weighted by atomic mass is 19.4. The first-order chi connectivity index (χ1) is 14.9. The van der Waals surface area contributed by atoms with Gasteiger partial charge < -0.3 is 14.4 Å². The Morgan fingerprint density at radius 1 is 1.06 bits per heavy atom. The Morgan fingerprint density at radius 2 is 1.71 bits per heavy atom. The van der Waals surface area contributed by atoms with Crippen LogP contribution in [0.5, 0.6) is 5.75 Å². The summed E-state index contributed by atoms with van der Waals surface area (Å²) in [4.78, 5) is 13.0. The maximum Gasteiger partial charge on any atom is 0.432 e. The van der Waals surface area contributed by atoms with Crippen LogP contribution in [0.4, 0.5) is 13.2 Å². The quantitative estimate of drug-likeness (QED) is 0.535. The number of morpholine rings is 1. The number of halogens is 3. The van der Waals surface area contributed by atoms with Gasteiger partial charge in [0.1, 0.15) is 5.75 Å². The van der Waals surface area contributed by atoms with Crippen LogP contribution in [0, 0.1) is 10.1 Å². The molecule has 2 aliphatic heterocycles. The van der Waals surface area contributed by atoms with Gasteiger partial charge in [-0.05, 0) is 17.7 Å². The zero-order valence-corrected chi connectivity index (χ0v) is 16.5. The van der Waals surface area contributed by atoms with E-state index in [4.69, 9.17) is 9.47 Å². The lowest BCUT2D eigenvalue weighted by Gasteiger charge is -2.36. The molecule has 31 heavy (non-hydrogen) atoms. The summed E-state index contributed by atoms with van der Waals surface area (Å²) in [7, 11) is 0. The van der Waals surface area contributed by atoms with E-state index in [-0.39, 0.29) is 5.75 Å². The molecule has 0 N–H and O–H groups in total. The van der Waals surface area contributed by atoms with Gasteiger partial charge in [0.2, 0.25) is 0 Å². The number of hydrogen-bond donors (Lipinski definition) is 0. The number of hydrogen-bond acceptors (Lipinski definition) is 5. The van der Waals surface area contributed by atoms with Gasteiger partial charge in [-0.1, -0.05) is 48.5 Å². The van der Waals surface area contributed by atoms with E-state index in [9.17, 15) is 23.3 Å². The molecule has 0 unspecified atom stereocenters. The summed E-state index contributed by atoms with van der Waals surface area (Å²) in [6, 6.07) is 13.4. The van der Waals surface area contributed by atoms with Crippen molar-refractivity contribution in [1.29, 1.82) is 0 Å². The van der Waals surface area contributed by atoms with E-state index >= 15 is 0 Å². The fourth-order valence-electron chi connectivity index (χ4n) is 4.10. The molecule has 2 aromatic rings. The fraction of sp³-hybridized carbons (Fsp3) is 0.364. The molecule has 0 bridgehead atoms. The van der Waals surface area contributed by atoms with Crippen molar-refractivity contribution in [2.45, 2.75) is 24.2 Å². The third kappa shape index (κ3) is 4.36. The van der Waals surface area contributed by atoms with Gasteiger partial charge in [0, 0.05) is 29.3 Å². The lowest BCUT2D eigenvalue weighted by atomic mass is 9.83. The topological polar surface area (TPSA) is 64.8 Å². The Kier molecular flexibility index (Phi) is 5.86. The Labute approximate surface area is 177 Å². The number of nitrogens with zero attached hydrogens (tertiary/aromatic N) is 2. The van der Waals surface area contributed by atoms with Crippen molar-refractivity contribution in [2.75, 3.05) is 26.3 Å². The SMILES string of the molecule is O=[N+]([O-])[C@H]1[C@H](/C=C(\c2ccccc2)N2CCOCC2)c2ccccc2O[C@@H]1C(F)(F)F. The van der Waals surface area contributed by atoms with E-state index in [0.29, 0.717) is 37.6 Å². The Morgan fingerprint density at radius 3 is 2.35 bits per heavy atom. The van der Waals surface area contributed by atoms with E-state index in [1.54, 1.807) is 24.3 Å². The summed E-state index contributed by atoms with van der Waals surface area (Å²) in [5.41, 5.74) is 1.80. The molecular weight excluding hydrogens is 413 g/mol. The van der Waals surface area contributed by atoms with Crippen LogP contribution < -0.4 is 4.74 Å². The van der Waals surface area contributed by atoms with Crippen molar-refractivity contribution in [3.05, 3.63) is 81.9 Å². The van der Waals surface area contributed by atoms with E-state index < -0.39 is 29.2 Å². The maximum atomic E-state index is 13.8. The first kappa shape index (κ1) is 21.2. The molecule has 2 aliphatic rings. The molecule has 1 saturated heterocycles. The summed E-state index contributed by atoms with van der Waals surface area (Å²) >= 11 is 0. The van der Waals surface area contributed by atoms with Crippen LogP contribution in [0.2, 0.25) is 0 Å². The minimum absolute atomic E-state index is 0.0126. The second-order valence-corrected chi connectivity index (χ2v) is 7.44. The predicted octanol–water partition coefficient (Wildman–Crippen LogP) is 4.11. The molecular formula is C22H21F3N2O4. The number of alkyl halides is 3. The van der Waals surface area contributed by atoms with Crippen LogP contribution in [0.1, 0.15) is 17.0 Å². The zero-order valence-electron chi connectivity index (χ0n) is 16.5. The van der Waals surface area contributed by atoms with Crippen molar-refractivity contribution in [3.63, 3.8) is 0 Å². The average molecular weight is 434 g/mol. The average Bonchev–Trinajstić information content (AvgIpc) is 2.77. The third-order valence-corrected chi connectivity index (χ3v) is 5.53. The molecule has 1 fully saturated rings. The zero-order chi connectivity index (χ0) is 22.0. The predicted molar refractivity (Wildman–Crippen MR) is 107 cm³/mol. The normalized spacial score (nSPS) is 24.3.